The summed E-state index contributed by atoms with van der Waals surface area (Å²) in [5, 5.41) is 3.94. The van der Waals surface area contributed by atoms with E-state index in [2.05, 4.69) is 12.2 Å². The molecule has 3 rings (SSSR count). The van der Waals surface area contributed by atoms with Crippen molar-refractivity contribution in [1.29, 1.82) is 0 Å². The van der Waals surface area contributed by atoms with E-state index in [0.29, 0.717) is 23.6 Å². The SMILES string of the molecule is CCOC1CC(NC2CCOCC2)C12CCCCC2. The summed E-state index contributed by atoms with van der Waals surface area (Å²) in [4.78, 5) is 0. The molecule has 110 valence electrons. The third kappa shape index (κ3) is 2.70. The third-order valence-corrected chi connectivity index (χ3v) is 5.60. The highest BCUT2D eigenvalue weighted by Gasteiger charge is 2.55. The number of hydrogen-bond donors (Lipinski definition) is 1. The van der Waals surface area contributed by atoms with Gasteiger partial charge in [0.2, 0.25) is 0 Å². The molecule has 1 saturated heterocycles. The molecule has 3 heteroatoms. The van der Waals surface area contributed by atoms with Crippen LogP contribution in [0.3, 0.4) is 0 Å². The van der Waals surface area contributed by atoms with E-state index in [4.69, 9.17) is 9.47 Å². The van der Waals surface area contributed by atoms with E-state index in [1.807, 2.05) is 0 Å². The van der Waals surface area contributed by atoms with E-state index in [1.54, 1.807) is 0 Å². The van der Waals surface area contributed by atoms with Gasteiger partial charge in [-0.1, -0.05) is 19.3 Å². The second kappa shape index (κ2) is 6.11. The molecule has 0 aromatic rings. The molecule has 2 unspecified atom stereocenters. The molecule has 0 aromatic heterocycles. The van der Waals surface area contributed by atoms with Crippen molar-refractivity contribution in [3.8, 4) is 0 Å². The molecule has 3 nitrogen and oxygen atoms in total. The molecule has 0 aromatic carbocycles. The van der Waals surface area contributed by atoms with Gasteiger partial charge in [0.05, 0.1) is 6.10 Å². The summed E-state index contributed by atoms with van der Waals surface area (Å²) in [5.41, 5.74) is 0.465. The zero-order chi connectivity index (χ0) is 13.1. The first-order chi connectivity index (χ1) is 9.35. The van der Waals surface area contributed by atoms with Crippen LogP contribution >= 0.6 is 0 Å². The van der Waals surface area contributed by atoms with E-state index < -0.39 is 0 Å². The average molecular weight is 267 g/mol. The van der Waals surface area contributed by atoms with Crippen LogP contribution in [0, 0.1) is 5.41 Å². The summed E-state index contributed by atoms with van der Waals surface area (Å²) in [7, 11) is 0. The standard InChI is InChI=1S/C16H29NO2/c1-2-19-15-12-14(16(15)8-4-3-5-9-16)17-13-6-10-18-11-7-13/h13-15,17H,2-12H2,1H3. The van der Waals surface area contributed by atoms with Gasteiger partial charge in [-0.2, -0.15) is 0 Å². The van der Waals surface area contributed by atoms with Crippen LogP contribution in [-0.4, -0.2) is 38.0 Å². The normalized spacial score (nSPS) is 35.2. The molecule has 2 aliphatic carbocycles. The predicted octanol–water partition coefficient (Wildman–Crippen LogP) is 2.88. The molecular weight excluding hydrogens is 238 g/mol. The van der Waals surface area contributed by atoms with Gasteiger partial charge in [0.1, 0.15) is 0 Å². The Morgan fingerprint density at radius 2 is 1.89 bits per heavy atom. The fourth-order valence-corrected chi connectivity index (χ4v) is 4.45. The van der Waals surface area contributed by atoms with Crippen molar-refractivity contribution in [2.24, 2.45) is 5.41 Å². The maximum absolute atomic E-state index is 6.03. The van der Waals surface area contributed by atoms with Crippen LogP contribution in [0.15, 0.2) is 0 Å². The van der Waals surface area contributed by atoms with Crippen molar-refractivity contribution in [2.75, 3.05) is 19.8 Å². The Balaban J connectivity index is 1.60. The van der Waals surface area contributed by atoms with Gasteiger partial charge in [0, 0.05) is 37.3 Å². The van der Waals surface area contributed by atoms with Gasteiger partial charge in [-0.05, 0) is 39.0 Å². The monoisotopic (exact) mass is 267 g/mol. The minimum atomic E-state index is 0.465. The Morgan fingerprint density at radius 3 is 2.58 bits per heavy atom. The molecule has 2 saturated carbocycles. The highest BCUT2D eigenvalue weighted by atomic mass is 16.5. The summed E-state index contributed by atoms with van der Waals surface area (Å²) < 4.78 is 11.5. The lowest BCUT2D eigenvalue weighted by Gasteiger charge is -2.58. The van der Waals surface area contributed by atoms with Crippen molar-refractivity contribution < 1.29 is 9.47 Å². The maximum atomic E-state index is 6.03. The molecule has 19 heavy (non-hydrogen) atoms. The maximum Gasteiger partial charge on any atom is 0.0661 e. The minimum Gasteiger partial charge on any atom is -0.381 e. The highest BCUT2D eigenvalue weighted by molar-refractivity contribution is 5.09. The van der Waals surface area contributed by atoms with E-state index in [0.717, 1.165) is 19.8 Å². The van der Waals surface area contributed by atoms with Gasteiger partial charge >= 0.3 is 0 Å². The largest absolute Gasteiger partial charge is 0.381 e. The van der Waals surface area contributed by atoms with E-state index in [-0.39, 0.29) is 0 Å². The fraction of sp³-hybridized carbons (Fsp3) is 1.00. The first kappa shape index (κ1) is 13.8. The molecule has 3 fully saturated rings. The van der Waals surface area contributed by atoms with Crippen molar-refractivity contribution in [3.05, 3.63) is 0 Å². The number of hydrogen-bond acceptors (Lipinski definition) is 3. The lowest BCUT2D eigenvalue weighted by Crippen LogP contribution is -2.66. The number of rotatable bonds is 4. The molecule has 1 N–H and O–H groups in total. The molecule has 1 aliphatic heterocycles. The lowest BCUT2D eigenvalue weighted by atomic mass is 9.55. The molecule has 0 amide bonds. The van der Waals surface area contributed by atoms with Crippen molar-refractivity contribution in [2.45, 2.75) is 76.5 Å². The van der Waals surface area contributed by atoms with Crippen LogP contribution in [0.2, 0.25) is 0 Å². The van der Waals surface area contributed by atoms with E-state index in [1.165, 1.54) is 51.4 Å². The van der Waals surface area contributed by atoms with Crippen LogP contribution in [0.4, 0.5) is 0 Å². The molecule has 0 radical (unpaired) electrons. The van der Waals surface area contributed by atoms with Crippen molar-refractivity contribution in [3.63, 3.8) is 0 Å². The van der Waals surface area contributed by atoms with Crippen LogP contribution in [0.5, 0.6) is 0 Å². The molecule has 1 spiro atoms. The first-order valence-electron chi connectivity index (χ1n) is 8.30. The summed E-state index contributed by atoms with van der Waals surface area (Å²) >= 11 is 0. The summed E-state index contributed by atoms with van der Waals surface area (Å²) in [6, 6.07) is 1.38. The van der Waals surface area contributed by atoms with E-state index >= 15 is 0 Å². The Morgan fingerprint density at radius 1 is 1.16 bits per heavy atom. The topological polar surface area (TPSA) is 30.5 Å². The van der Waals surface area contributed by atoms with Crippen LogP contribution in [0.25, 0.3) is 0 Å². The van der Waals surface area contributed by atoms with Crippen LogP contribution in [-0.2, 0) is 9.47 Å². The molecular formula is C16H29NO2. The lowest BCUT2D eigenvalue weighted by molar-refractivity contribution is -0.153. The number of nitrogens with one attached hydrogen (secondary N) is 1. The Bertz CT molecular complexity index is 282. The Kier molecular flexibility index (Phi) is 4.45. The zero-order valence-electron chi connectivity index (χ0n) is 12.3. The Labute approximate surface area is 117 Å². The van der Waals surface area contributed by atoms with Crippen LogP contribution in [0.1, 0.15) is 58.3 Å². The second-order valence-corrected chi connectivity index (χ2v) is 6.58. The van der Waals surface area contributed by atoms with Gasteiger partial charge < -0.3 is 14.8 Å². The highest BCUT2D eigenvalue weighted by Crippen LogP contribution is 2.53. The fourth-order valence-electron chi connectivity index (χ4n) is 4.45. The summed E-state index contributed by atoms with van der Waals surface area (Å²) in [6.45, 7) is 4.88. The van der Waals surface area contributed by atoms with Gasteiger partial charge in [-0.3, -0.25) is 0 Å². The average Bonchev–Trinajstić information content (AvgIpc) is 2.48. The van der Waals surface area contributed by atoms with Gasteiger partial charge in [0.25, 0.3) is 0 Å². The minimum absolute atomic E-state index is 0.465. The molecule has 3 aliphatic rings. The second-order valence-electron chi connectivity index (χ2n) is 6.58. The van der Waals surface area contributed by atoms with Gasteiger partial charge in [-0.15, -0.1) is 0 Å². The smallest absolute Gasteiger partial charge is 0.0661 e. The van der Waals surface area contributed by atoms with Crippen LogP contribution < -0.4 is 5.32 Å². The summed E-state index contributed by atoms with van der Waals surface area (Å²) in [5.74, 6) is 0. The molecule has 0 bridgehead atoms. The van der Waals surface area contributed by atoms with E-state index in [9.17, 15) is 0 Å². The van der Waals surface area contributed by atoms with Crippen molar-refractivity contribution >= 4 is 0 Å². The van der Waals surface area contributed by atoms with Gasteiger partial charge in [-0.25, -0.2) is 0 Å². The molecule has 1 heterocycles. The zero-order valence-corrected chi connectivity index (χ0v) is 12.3. The quantitative estimate of drug-likeness (QED) is 0.849. The summed E-state index contributed by atoms with van der Waals surface area (Å²) in [6.07, 6.45) is 11.1. The third-order valence-electron chi connectivity index (χ3n) is 5.60. The first-order valence-corrected chi connectivity index (χ1v) is 8.30. The predicted molar refractivity (Wildman–Crippen MR) is 76.3 cm³/mol. The van der Waals surface area contributed by atoms with Gasteiger partial charge in [0.15, 0.2) is 0 Å². The number of ether oxygens (including phenoxy) is 2. The van der Waals surface area contributed by atoms with Crippen molar-refractivity contribution in [1.82, 2.24) is 5.32 Å². The Hall–Kier alpha value is -0.120. The molecule has 2 atom stereocenters.